The lowest BCUT2D eigenvalue weighted by atomic mass is 9.97. The molecule has 3 aromatic carbocycles. The maximum absolute atomic E-state index is 14.4. The lowest BCUT2D eigenvalue weighted by Crippen LogP contribution is -2.30. The van der Waals surface area contributed by atoms with Crippen molar-refractivity contribution >= 4 is 28.4 Å². The molecule has 1 aliphatic rings. The van der Waals surface area contributed by atoms with E-state index < -0.39 is 18.0 Å². The standard InChI is InChI=1S/C38H34F3N11O2/c1-22-11-13-25(50(2)32-15-16-42-37(45-32)54-3)19-26(22)29-20-51(49-47-29)21-30-33(31-10-7-17-52(31)48-30)35(53)46-34(23-8-5-4-6-9-23)24-12-14-27-28(18-24)44-36(43-27)38(39,40)41/h4-6,8-9,11-16,18-20,34H,7,10,17,21H2,1-3H3,(H,43,44)(H,46,53). The van der Waals surface area contributed by atoms with Gasteiger partial charge in [0.1, 0.15) is 11.5 Å². The summed E-state index contributed by atoms with van der Waals surface area (Å²) in [6.07, 6.45) is 0.363. The van der Waals surface area contributed by atoms with E-state index in [-0.39, 0.29) is 29.5 Å². The monoisotopic (exact) mass is 733 g/mol. The summed E-state index contributed by atoms with van der Waals surface area (Å²) in [4.78, 5) is 30.9. The number of imidazole rings is 1. The molecule has 8 rings (SSSR count). The minimum atomic E-state index is -4.62. The number of hydrogen-bond acceptors (Lipinski definition) is 9. The van der Waals surface area contributed by atoms with Crippen LogP contribution in [0.25, 0.3) is 22.3 Å². The molecule has 4 aromatic heterocycles. The largest absolute Gasteiger partial charge is 0.467 e. The number of benzene rings is 3. The molecular formula is C38H34F3N11O2. The third-order valence-corrected chi connectivity index (χ3v) is 9.54. The summed E-state index contributed by atoms with van der Waals surface area (Å²) in [5, 5.41) is 16.9. The topological polar surface area (TPSA) is 145 Å². The Morgan fingerprint density at radius 2 is 1.89 bits per heavy atom. The highest BCUT2D eigenvalue weighted by Gasteiger charge is 2.35. The number of carbonyl (C=O) groups is 1. The van der Waals surface area contributed by atoms with E-state index in [9.17, 15) is 18.0 Å². The average Bonchev–Trinajstić information content (AvgIpc) is 3.98. The zero-order valence-corrected chi connectivity index (χ0v) is 29.5. The Labute approximate surface area is 306 Å². The Morgan fingerprint density at radius 1 is 1.06 bits per heavy atom. The van der Waals surface area contributed by atoms with E-state index >= 15 is 0 Å². The number of halogens is 3. The fourth-order valence-corrected chi connectivity index (χ4v) is 6.81. The van der Waals surface area contributed by atoms with Crippen LogP contribution in [0.2, 0.25) is 0 Å². The number of alkyl halides is 3. The van der Waals surface area contributed by atoms with Crippen LogP contribution in [-0.2, 0) is 25.7 Å². The molecule has 1 amide bonds. The van der Waals surface area contributed by atoms with Crippen molar-refractivity contribution < 1.29 is 22.7 Å². The first kappa shape index (κ1) is 34.5. The van der Waals surface area contributed by atoms with E-state index in [0.29, 0.717) is 41.3 Å². The number of anilines is 2. The molecule has 0 aliphatic carbocycles. The van der Waals surface area contributed by atoms with Crippen LogP contribution in [0.5, 0.6) is 6.01 Å². The Kier molecular flexibility index (Phi) is 8.79. The van der Waals surface area contributed by atoms with Gasteiger partial charge in [0, 0.05) is 31.0 Å². The number of carbonyl (C=O) groups excluding carboxylic acids is 1. The maximum Gasteiger partial charge on any atom is 0.449 e. The van der Waals surface area contributed by atoms with Crippen LogP contribution in [0, 0.1) is 6.92 Å². The number of nitrogens with zero attached hydrogens (tertiary/aromatic N) is 9. The summed E-state index contributed by atoms with van der Waals surface area (Å²) in [6.45, 7) is 2.86. The molecule has 0 fully saturated rings. The molecule has 0 bridgehead atoms. The molecule has 16 heteroatoms. The second-order valence-corrected chi connectivity index (χ2v) is 13.0. The van der Waals surface area contributed by atoms with Gasteiger partial charge in [-0.1, -0.05) is 47.7 Å². The highest BCUT2D eigenvalue weighted by molar-refractivity contribution is 5.97. The van der Waals surface area contributed by atoms with E-state index in [2.05, 4.69) is 35.6 Å². The van der Waals surface area contributed by atoms with E-state index in [1.165, 1.54) is 13.2 Å². The van der Waals surface area contributed by atoms with Gasteiger partial charge in [0.25, 0.3) is 5.91 Å². The van der Waals surface area contributed by atoms with Crippen molar-refractivity contribution in [1.29, 1.82) is 0 Å². The number of ether oxygens (including phenoxy) is 1. The Hall–Kier alpha value is -6.58. The van der Waals surface area contributed by atoms with E-state index in [0.717, 1.165) is 34.5 Å². The SMILES string of the molecule is COc1nccc(N(C)c2ccc(C)c(-c3cn(Cc4nn5c(c4C(=O)NC(c4ccccc4)c4ccc6nc(C(F)(F)F)[nH]c6c4)CCC5)nn3)c2)n1. The fraction of sp³-hybridized carbons (Fsp3) is 0.237. The van der Waals surface area contributed by atoms with Crippen molar-refractivity contribution in [2.45, 2.75) is 45.1 Å². The van der Waals surface area contributed by atoms with Gasteiger partial charge in [-0.15, -0.1) is 5.10 Å². The summed E-state index contributed by atoms with van der Waals surface area (Å²) < 4.78 is 49.0. The molecule has 274 valence electrons. The first-order valence-corrected chi connectivity index (χ1v) is 17.2. The molecule has 0 saturated heterocycles. The van der Waals surface area contributed by atoms with Crippen LogP contribution in [-0.4, -0.2) is 64.8 Å². The molecule has 54 heavy (non-hydrogen) atoms. The van der Waals surface area contributed by atoms with Crippen LogP contribution in [0.4, 0.5) is 24.7 Å². The number of hydrogen-bond donors (Lipinski definition) is 2. The zero-order valence-electron chi connectivity index (χ0n) is 29.5. The molecule has 1 atom stereocenters. The van der Waals surface area contributed by atoms with E-state index in [4.69, 9.17) is 9.84 Å². The van der Waals surface area contributed by atoms with Gasteiger partial charge in [-0.3, -0.25) is 9.48 Å². The first-order valence-electron chi connectivity index (χ1n) is 17.2. The third-order valence-electron chi connectivity index (χ3n) is 9.54. The zero-order chi connectivity index (χ0) is 37.6. The van der Waals surface area contributed by atoms with Gasteiger partial charge in [0.15, 0.2) is 0 Å². The van der Waals surface area contributed by atoms with Crippen molar-refractivity contribution in [3.63, 3.8) is 0 Å². The number of aromatic amines is 1. The van der Waals surface area contributed by atoms with Gasteiger partial charge >= 0.3 is 12.2 Å². The number of aromatic nitrogens is 9. The summed E-state index contributed by atoms with van der Waals surface area (Å²) in [5.74, 6) is -0.772. The number of amides is 1. The van der Waals surface area contributed by atoms with Gasteiger partial charge in [-0.2, -0.15) is 23.3 Å². The Morgan fingerprint density at radius 3 is 2.69 bits per heavy atom. The van der Waals surface area contributed by atoms with Crippen molar-refractivity contribution in [3.05, 3.63) is 125 Å². The summed E-state index contributed by atoms with van der Waals surface area (Å²) in [5.41, 5.74) is 6.93. The summed E-state index contributed by atoms with van der Waals surface area (Å²) in [6, 6.07) is 21.5. The molecule has 1 aliphatic heterocycles. The quantitative estimate of drug-likeness (QED) is 0.163. The number of H-pyrrole nitrogens is 1. The van der Waals surface area contributed by atoms with Gasteiger partial charge < -0.3 is 19.9 Å². The molecular weight excluding hydrogens is 699 g/mol. The van der Waals surface area contributed by atoms with Crippen LogP contribution < -0.4 is 15.0 Å². The molecule has 0 spiro atoms. The van der Waals surface area contributed by atoms with Gasteiger partial charge in [-0.25, -0.2) is 14.6 Å². The van der Waals surface area contributed by atoms with Gasteiger partial charge in [0.05, 0.1) is 53.9 Å². The van der Waals surface area contributed by atoms with Gasteiger partial charge in [-0.05, 0) is 66.8 Å². The molecule has 1 unspecified atom stereocenters. The summed E-state index contributed by atoms with van der Waals surface area (Å²) in [7, 11) is 3.42. The van der Waals surface area contributed by atoms with Crippen LogP contribution >= 0.6 is 0 Å². The third kappa shape index (κ3) is 6.61. The highest BCUT2D eigenvalue weighted by atomic mass is 19.4. The summed E-state index contributed by atoms with van der Waals surface area (Å²) >= 11 is 0. The second kappa shape index (κ2) is 13.8. The number of nitrogens with one attached hydrogen (secondary N) is 2. The minimum absolute atomic E-state index is 0.175. The smallest absolute Gasteiger partial charge is 0.449 e. The predicted molar refractivity (Wildman–Crippen MR) is 193 cm³/mol. The molecule has 0 radical (unpaired) electrons. The van der Waals surface area contributed by atoms with Crippen molar-refractivity contribution in [3.8, 4) is 17.3 Å². The number of aryl methyl sites for hydroxylation is 2. The van der Waals surface area contributed by atoms with E-state index in [1.807, 2.05) is 78.3 Å². The van der Waals surface area contributed by atoms with Gasteiger partial charge in [0.2, 0.25) is 5.82 Å². The number of fused-ring (bicyclic) bond motifs is 2. The molecule has 13 nitrogen and oxygen atoms in total. The lowest BCUT2D eigenvalue weighted by molar-refractivity contribution is -0.144. The van der Waals surface area contributed by atoms with Crippen molar-refractivity contribution in [2.24, 2.45) is 0 Å². The van der Waals surface area contributed by atoms with Crippen LogP contribution in [0.1, 0.15) is 56.7 Å². The van der Waals surface area contributed by atoms with E-state index in [1.54, 1.807) is 29.1 Å². The average molecular weight is 734 g/mol. The Bertz CT molecular complexity index is 2490. The lowest BCUT2D eigenvalue weighted by Gasteiger charge is -2.20. The van der Waals surface area contributed by atoms with Crippen molar-refractivity contribution in [1.82, 2.24) is 50.0 Å². The fourth-order valence-electron chi connectivity index (χ4n) is 6.81. The van der Waals surface area contributed by atoms with Crippen molar-refractivity contribution in [2.75, 3.05) is 19.1 Å². The molecule has 2 N–H and O–H groups in total. The molecule has 0 saturated carbocycles. The molecule has 5 heterocycles. The highest BCUT2D eigenvalue weighted by Crippen LogP contribution is 2.33. The Balaban J connectivity index is 1.08. The molecule has 7 aromatic rings. The van der Waals surface area contributed by atoms with Crippen LogP contribution in [0.3, 0.4) is 0 Å². The second-order valence-electron chi connectivity index (χ2n) is 13.0. The maximum atomic E-state index is 14.4. The van der Waals surface area contributed by atoms with Crippen LogP contribution in [0.15, 0.2) is 85.2 Å². The first-order chi connectivity index (χ1) is 26.1. The number of rotatable bonds is 10. The predicted octanol–water partition coefficient (Wildman–Crippen LogP) is 6.43. The normalized spacial score (nSPS) is 13.2. The minimum Gasteiger partial charge on any atom is -0.467 e. The number of methoxy groups -OCH3 is 1.